The largest absolute Gasteiger partial charge is 0.466 e. The second-order valence-electron chi connectivity index (χ2n) is 5.93. The number of esters is 2. The highest BCUT2D eigenvalue weighted by atomic mass is 16.5. The first-order valence-corrected chi connectivity index (χ1v) is 8.95. The first-order chi connectivity index (χ1) is 10.6. The van der Waals surface area contributed by atoms with Crippen LogP contribution in [0.15, 0.2) is 0 Å². The van der Waals surface area contributed by atoms with E-state index in [0.29, 0.717) is 25.9 Å². The van der Waals surface area contributed by atoms with Gasteiger partial charge < -0.3 is 9.47 Å². The molecule has 0 aliphatic carbocycles. The lowest BCUT2D eigenvalue weighted by atomic mass is 10.1. The summed E-state index contributed by atoms with van der Waals surface area (Å²) in [7, 11) is 0. The number of hydrogen-bond acceptors (Lipinski definition) is 4. The van der Waals surface area contributed by atoms with Gasteiger partial charge in [-0.15, -0.1) is 0 Å². The van der Waals surface area contributed by atoms with Gasteiger partial charge in [-0.3, -0.25) is 9.59 Å². The van der Waals surface area contributed by atoms with Crippen molar-refractivity contribution >= 4 is 11.9 Å². The van der Waals surface area contributed by atoms with Gasteiger partial charge in [0.15, 0.2) is 0 Å². The van der Waals surface area contributed by atoms with E-state index in [4.69, 9.17) is 9.47 Å². The van der Waals surface area contributed by atoms with Crippen LogP contribution in [-0.2, 0) is 19.1 Å². The Morgan fingerprint density at radius 3 is 2.14 bits per heavy atom. The van der Waals surface area contributed by atoms with E-state index < -0.39 is 0 Å². The summed E-state index contributed by atoms with van der Waals surface area (Å²) in [5, 5.41) is 0. The Morgan fingerprint density at radius 2 is 1.45 bits per heavy atom. The van der Waals surface area contributed by atoms with Crippen molar-refractivity contribution in [1.29, 1.82) is 0 Å². The van der Waals surface area contributed by atoms with Gasteiger partial charge in [0.1, 0.15) is 0 Å². The number of ether oxygens (including phenoxy) is 2. The number of hydrogen-bond donors (Lipinski definition) is 0. The van der Waals surface area contributed by atoms with E-state index in [9.17, 15) is 9.59 Å². The fourth-order valence-corrected chi connectivity index (χ4v) is 2.19. The van der Waals surface area contributed by atoms with Crippen LogP contribution >= 0.6 is 0 Å². The van der Waals surface area contributed by atoms with Gasteiger partial charge in [-0.05, 0) is 32.6 Å². The molecular weight excluding hydrogens is 280 g/mol. The number of rotatable bonds is 14. The molecule has 0 bridgehead atoms. The molecule has 0 spiro atoms. The third-order valence-corrected chi connectivity index (χ3v) is 3.57. The highest BCUT2D eigenvalue weighted by molar-refractivity contribution is 5.72. The molecule has 4 nitrogen and oxygen atoms in total. The zero-order chi connectivity index (χ0) is 16.6. The fraction of sp³-hybridized carbons (Fsp3) is 0.889. The third-order valence-electron chi connectivity index (χ3n) is 3.57. The van der Waals surface area contributed by atoms with Crippen molar-refractivity contribution in [3.8, 4) is 0 Å². The Labute approximate surface area is 135 Å². The second-order valence-corrected chi connectivity index (χ2v) is 5.93. The standard InChI is InChI=1S/C18H34O4/c1-4-6-8-9-12-16(3)22-18(20)14-11-13-17(19)21-15-10-7-5-2/h16H,4-15H2,1-3H3. The molecule has 0 aliphatic heterocycles. The van der Waals surface area contributed by atoms with Crippen molar-refractivity contribution < 1.29 is 19.1 Å². The molecule has 0 aliphatic rings. The molecule has 0 aromatic carbocycles. The average Bonchev–Trinajstić information content (AvgIpc) is 2.48. The molecule has 130 valence electrons. The minimum Gasteiger partial charge on any atom is -0.466 e. The number of carbonyl (C=O) groups is 2. The molecule has 0 N–H and O–H groups in total. The van der Waals surface area contributed by atoms with E-state index in [-0.39, 0.29) is 18.0 Å². The molecule has 1 unspecified atom stereocenters. The topological polar surface area (TPSA) is 52.6 Å². The van der Waals surface area contributed by atoms with E-state index in [1.165, 1.54) is 19.3 Å². The maximum absolute atomic E-state index is 11.6. The fourth-order valence-electron chi connectivity index (χ4n) is 2.19. The Morgan fingerprint density at radius 1 is 0.818 bits per heavy atom. The Balaban J connectivity index is 3.53. The quantitative estimate of drug-likeness (QED) is 0.341. The summed E-state index contributed by atoms with van der Waals surface area (Å²) in [6, 6.07) is 0. The molecule has 0 saturated heterocycles. The summed E-state index contributed by atoms with van der Waals surface area (Å²) in [5.74, 6) is -0.418. The number of carbonyl (C=O) groups excluding carboxylic acids is 2. The zero-order valence-electron chi connectivity index (χ0n) is 14.7. The maximum atomic E-state index is 11.6. The van der Waals surface area contributed by atoms with Crippen molar-refractivity contribution in [1.82, 2.24) is 0 Å². The zero-order valence-corrected chi connectivity index (χ0v) is 14.7. The monoisotopic (exact) mass is 314 g/mol. The molecule has 1 atom stereocenters. The summed E-state index contributed by atoms with van der Waals surface area (Å²) in [4.78, 5) is 23.1. The minimum atomic E-state index is -0.212. The van der Waals surface area contributed by atoms with Gasteiger partial charge in [0.2, 0.25) is 0 Å². The second kappa shape index (κ2) is 14.9. The third kappa shape index (κ3) is 13.9. The molecule has 0 radical (unpaired) electrons. The van der Waals surface area contributed by atoms with E-state index in [0.717, 1.165) is 32.1 Å². The van der Waals surface area contributed by atoms with Crippen LogP contribution in [-0.4, -0.2) is 24.6 Å². The molecule has 0 saturated carbocycles. The maximum Gasteiger partial charge on any atom is 0.306 e. The molecule has 0 amide bonds. The van der Waals surface area contributed by atoms with E-state index in [1.54, 1.807) is 0 Å². The summed E-state index contributed by atoms with van der Waals surface area (Å²) in [6.45, 7) is 6.72. The van der Waals surface area contributed by atoms with Crippen molar-refractivity contribution in [2.75, 3.05) is 6.61 Å². The Kier molecular flexibility index (Phi) is 14.1. The van der Waals surface area contributed by atoms with E-state index >= 15 is 0 Å². The van der Waals surface area contributed by atoms with Crippen LogP contribution in [0.5, 0.6) is 0 Å². The minimum absolute atomic E-state index is 0.0228. The van der Waals surface area contributed by atoms with Gasteiger partial charge >= 0.3 is 11.9 Å². The smallest absolute Gasteiger partial charge is 0.306 e. The van der Waals surface area contributed by atoms with Gasteiger partial charge in [-0.2, -0.15) is 0 Å². The van der Waals surface area contributed by atoms with E-state index in [1.807, 2.05) is 6.92 Å². The molecule has 22 heavy (non-hydrogen) atoms. The lowest BCUT2D eigenvalue weighted by molar-refractivity contribution is -0.149. The van der Waals surface area contributed by atoms with Crippen LogP contribution in [0, 0.1) is 0 Å². The lowest BCUT2D eigenvalue weighted by Gasteiger charge is -2.13. The summed E-state index contributed by atoms with van der Waals surface area (Å²) < 4.78 is 10.4. The van der Waals surface area contributed by atoms with Crippen LogP contribution < -0.4 is 0 Å². The summed E-state index contributed by atoms with van der Waals surface area (Å²) in [6.07, 6.45) is 9.85. The molecular formula is C18H34O4. The average molecular weight is 314 g/mol. The highest BCUT2D eigenvalue weighted by Gasteiger charge is 2.10. The van der Waals surface area contributed by atoms with Crippen molar-refractivity contribution in [3.63, 3.8) is 0 Å². The lowest BCUT2D eigenvalue weighted by Crippen LogP contribution is -2.15. The van der Waals surface area contributed by atoms with Gasteiger partial charge in [0, 0.05) is 12.8 Å². The molecule has 0 aromatic heterocycles. The predicted octanol–water partition coefficient (Wildman–Crippen LogP) is 4.79. The van der Waals surface area contributed by atoms with Crippen LogP contribution in [0.25, 0.3) is 0 Å². The van der Waals surface area contributed by atoms with Gasteiger partial charge in [0.05, 0.1) is 12.7 Å². The number of unbranched alkanes of at least 4 members (excludes halogenated alkanes) is 5. The molecule has 0 rings (SSSR count). The first-order valence-electron chi connectivity index (χ1n) is 8.95. The normalized spacial score (nSPS) is 12.0. The van der Waals surface area contributed by atoms with Gasteiger partial charge in [-0.25, -0.2) is 0 Å². The first kappa shape index (κ1) is 20.9. The predicted molar refractivity (Wildman–Crippen MR) is 88.6 cm³/mol. The van der Waals surface area contributed by atoms with Crippen molar-refractivity contribution in [3.05, 3.63) is 0 Å². The Hall–Kier alpha value is -1.06. The van der Waals surface area contributed by atoms with Crippen LogP contribution in [0.4, 0.5) is 0 Å². The SMILES string of the molecule is CCCCCCC(C)OC(=O)CCCC(=O)OCCCCC. The van der Waals surface area contributed by atoms with Crippen molar-refractivity contribution in [2.45, 2.75) is 97.5 Å². The summed E-state index contributed by atoms with van der Waals surface area (Å²) in [5.41, 5.74) is 0. The molecule has 4 heteroatoms. The summed E-state index contributed by atoms with van der Waals surface area (Å²) >= 11 is 0. The van der Waals surface area contributed by atoms with Crippen molar-refractivity contribution in [2.24, 2.45) is 0 Å². The molecule has 0 heterocycles. The van der Waals surface area contributed by atoms with Crippen LogP contribution in [0.1, 0.15) is 91.4 Å². The molecule has 0 aromatic rings. The van der Waals surface area contributed by atoms with Crippen LogP contribution in [0.3, 0.4) is 0 Å². The van der Waals surface area contributed by atoms with E-state index in [2.05, 4.69) is 13.8 Å². The Bertz CT molecular complexity index is 289. The van der Waals surface area contributed by atoms with Gasteiger partial charge in [0.25, 0.3) is 0 Å². The molecule has 0 fully saturated rings. The van der Waals surface area contributed by atoms with Gasteiger partial charge in [-0.1, -0.05) is 46.0 Å². The highest BCUT2D eigenvalue weighted by Crippen LogP contribution is 2.10. The van der Waals surface area contributed by atoms with Crippen LogP contribution in [0.2, 0.25) is 0 Å².